The predicted molar refractivity (Wildman–Crippen MR) is 72.6 cm³/mol. The summed E-state index contributed by atoms with van der Waals surface area (Å²) in [6.45, 7) is 3.85. The number of aliphatic hydroxyl groups is 1. The Balaban J connectivity index is 1.68. The number of fused-ring (bicyclic) bond motifs is 1. The molecule has 0 aromatic heterocycles. The first-order valence-electron chi connectivity index (χ1n) is 7.23. The maximum Gasteiger partial charge on any atom is 0.164 e. The van der Waals surface area contributed by atoms with E-state index in [0.717, 1.165) is 19.6 Å². The smallest absolute Gasteiger partial charge is 0.164 e. The van der Waals surface area contributed by atoms with Crippen molar-refractivity contribution in [3.05, 3.63) is 23.5 Å². The van der Waals surface area contributed by atoms with Crippen LogP contribution in [0, 0.1) is 5.82 Å². The normalized spacial score (nSPS) is 20.1. The zero-order valence-corrected chi connectivity index (χ0v) is 11.5. The molecule has 1 atom stereocenters. The van der Waals surface area contributed by atoms with E-state index < -0.39 is 11.9 Å². The molecule has 0 bridgehead atoms. The molecule has 1 aromatic rings. The number of aliphatic hydroxyl groups excluding tert-OH is 1. The molecule has 2 aliphatic rings. The van der Waals surface area contributed by atoms with Gasteiger partial charge in [-0.2, -0.15) is 0 Å². The van der Waals surface area contributed by atoms with Crippen molar-refractivity contribution < 1.29 is 19.0 Å². The SMILES string of the molecule is O[C@@H](CCN1CCCC1)c1cc2c(cc1F)OCCO2. The Morgan fingerprint density at radius 2 is 1.80 bits per heavy atom. The fourth-order valence-corrected chi connectivity index (χ4v) is 2.80. The monoisotopic (exact) mass is 281 g/mol. The molecule has 0 spiro atoms. The first-order chi connectivity index (χ1) is 9.74. The molecule has 0 unspecified atom stereocenters. The van der Waals surface area contributed by atoms with Crippen molar-refractivity contribution in [1.29, 1.82) is 0 Å². The number of likely N-dealkylation sites (tertiary alicyclic amines) is 1. The highest BCUT2D eigenvalue weighted by Crippen LogP contribution is 2.35. The summed E-state index contributed by atoms with van der Waals surface area (Å²) in [5, 5.41) is 10.2. The van der Waals surface area contributed by atoms with E-state index in [1.165, 1.54) is 18.9 Å². The Morgan fingerprint density at radius 1 is 1.15 bits per heavy atom. The van der Waals surface area contributed by atoms with Crippen LogP contribution in [0.2, 0.25) is 0 Å². The van der Waals surface area contributed by atoms with Crippen LogP contribution in [0.1, 0.15) is 30.9 Å². The third kappa shape index (κ3) is 2.88. The number of hydrogen-bond donors (Lipinski definition) is 1. The van der Waals surface area contributed by atoms with Crippen LogP contribution in [-0.2, 0) is 0 Å². The van der Waals surface area contributed by atoms with Crippen LogP contribution in [0.25, 0.3) is 0 Å². The number of nitrogens with zero attached hydrogens (tertiary/aromatic N) is 1. The van der Waals surface area contributed by atoms with E-state index in [2.05, 4.69) is 4.90 Å². The van der Waals surface area contributed by atoms with Crippen LogP contribution < -0.4 is 9.47 Å². The van der Waals surface area contributed by atoms with Gasteiger partial charge in [0.1, 0.15) is 19.0 Å². The molecule has 2 heterocycles. The molecule has 1 fully saturated rings. The van der Waals surface area contributed by atoms with Gasteiger partial charge < -0.3 is 19.5 Å². The number of hydrogen-bond acceptors (Lipinski definition) is 4. The number of halogens is 1. The van der Waals surface area contributed by atoms with Crippen molar-refractivity contribution in [3.63, 3.8) is 0 Å². The molecule has 1 N–H and O–H groups in total. The molecule has 0 radical (unpaired) electrons. The molecule has 5 heteroatoms. The maximum atomic E-state index is 14.0. The Labute approximate surface area is 118 Å². The quantitative estimate of drug-likeness (QED) is 0.918. The van der Waals surface area contributed by atoms with E-state index in [9.17, 15) is 9.50 Å². The minimum Gasteiger partial charge on any atom is -0.486 e. The largest absolute Gasteiger partial charge is 0.486 e. The van der Waals surface area contributed by atoms with Gasteiger partial charge in [0.2, 0.25) is 0 Å². The molecule has 0 saturated carbocycles. The zero-order valence-electron chi connectivity index (χ0n) is 11.5. The highest BCUT2D eigenvalue weighted by Gasteiger charge is 2.21. The lowest BCUT2D eigenvalue weighted by molar-refractivity contribution is 0.141. The van der Waals surface area contributed by atoms with Gasteiger partial charge in [0, 0.05) is 18.2 Å². The fraction of sp³-hybridized carbons (Fsp3) is 0.600. The van der Waals surface area contributed by atoms with E-state index in [1.54, 1.807) is 6.07 Å². The lowest BCUT2D eigenvalue weighted by atomic mass is 10.0. The zero-order chi connectivity index (χ0) is 13.9. The highest BCUT2D eigenvalue weighted by atomic mass is 19.1. The number of ether oxygens (including phenoxy) is 2. The third-order valence-electron chi connectivity index (χ3n) is 3.94. The van der Waals surface area contributed by atoms with Gasteiger partial charge in [-0.05, 0) is 38.4 Å². The summed E-state index contributed by atoms with van der Waals surface area (Å²) in [4.78, 5) is 2.30. The van der Waals surface area contributed by atoms with Crippen molar-refractivity contribution in [1.82, 2.24) is 4.90 Å². The summed E-state index contributed by atoms with van der Waals surface area (Å²) in [6, 6.07) is 2.88. The molecule has 2 aliphatic heterocycles. The second kappa shape index (κ2) is 5.97. The van der Waals surface area contributed by atoms with E-state index in [0.29, 0.717) is 36.7 Å². The molecule has 4 nitrogen and oxygen atoms in total. The summed E-state index contributed by atoms with van der Waals surface area (Å²) in [7, 11) is 0. The van der Waals surface area contributed by atoms with Gasteiger partial charge in [-0.1, -0.05) is 0 Å². The first kappa shape index (κ1) is 13.6. The maximum absolute atomic E-state index is 14.0. The van der Waals surface area contributed by atoms with Crippen molar-refractivity contribution in [2.75, 3.05) is 32.8 Å². The summed E-state index contributed by atoms with van der Waals surface area (Å²) < 4.78 is 24.8. The van der Waals surface area contributed by atoms with E-state index in [4.69, 9.17) is 9.47 Å². The standard InChI is InChI=1S/C15H20FNO3/c16-12-10-15-14(19-7-8-20-15)9-11(12)13(18)3-6-17-4-1-2-5-17/h9-10,13,18H,1-8H2/t13-/m0/s1. The molecule has 1 aromatic carbocycles. The van der Waals surface area contributed by atoms with E-state index in [-0.39, 0.29) is 0 Å². The predicted octanol–water partition coefficient (Wildman–Crippen LogP) is 2.12. The van der Waals surface area contributed by atoms with Crippen LogP contribution in [0.5, 0.6) is 11.5 Å². The molecule has 3 rings (SSSR count). The minimum atomic E-state index is -0.800. The molecule has 110 valence electrons. The molecular weight excluding hydrogens is 261 g/mol. The van der Waals surface area contributed by atoms with E-state index in [1.807, 2.05) is 0 Å². The minimum absolute atomic E-state index is 0.299. The third-order valence-corrected chi connectivity index (χ3v) is 3.94. The lowest BCUT2D eigenvalue weighted by Gasteiger charge is -2.22. The van der Waals surface area contributed by atoms with Gasteiger partial charge in [0.15, 0.2) is 11.5 Å². The average molecular weight is 281 g/mol. The lowest BCUT2D eigenvalue weighted by Crippen LogP contribution is -2.22. The first-order valence-corrected chi connectivity index (χ1v) is 7.23. The van der Waals surface area contributed by atoms with Crippen LogP contribution in [0.15, 0.2) is 12.1 Å². The Bertz CT molecular complexity index is 474. The second-order valence-electron chi connectivity index (χ2n) is 5.37. The van der Waals surface area contributed by atoms with Crippen molar-refractivity contribution in [2.45, 2.75) is 25.4 Å². The molecule has 0 aliphatic carbocycles. The molecule has 0 amide bonds. The van der Waals surface area contributed by atoms with E-state index >= 15 is 0 Å². The van der Waals surface area contributed by atoms with Crippen LogP contribution in [0.3, 0.4) is 0 Å². The summed E-state index contributed by atoms with van der Waals surface area (Å²) in [5.41, 5.74) is 0.299. The Kier molecular flexibility index (Phi) is 4.08. The molecule has 1 saturated heterocycles. The Hall–Kier alpha value is -1.33. The van der Waals surface area contributed by atoms with Gasteiger partial charge >= 0.3 is 0 Å². The van der Waals surface area contributed by atoms with Gasteiger partial charge in [0.25, 0.3) is 0 Å². The number of rotatable bonds is 4. The fourth-order valence-electron chi connectivity index (χ4n) is 2.80. The average Bonchev–Trinajstić information content (AvgIpc) is 2.97. The topological polar surface area (TPSA) is 41.9 Å². The molecular formula is C15H20FNO3. The van der Waals surface area contributed by atoms with Crippen LogP contribution in [0.4, 0.5) is 4.39 Å². The van der Waals surface area contributed by atoms with Gasteiger partial charge in [-0.15, -0.1) is 0 Å². The van der Waals surface area contributed by atoms with Crippen molar-refractivity contribution in [3.8, 4) is 11.5 Å². The van der Waals surface area contributed by atoms with Gasteiger partial charge in [-0.25, -0.2) is 4.39 Å². The Morgan fingerprint density at radius 3 is 2.50 bits per heavy atom. The highest BCUT2D eigenvalue weighted by molar-refractivity contribution is 5.45. The summed E-state index contributed by atoms with van der Waals surface area (Å²) >= 11 is 0. The van der Waals surface area contributed by atoms with Crippen molar-refractivity contribution >= 4 is 0 Å². The van der Waals surface area contributed by atoms with Gasteiger partial charge in [-0.3, -0.25) is 0 Å². The van der Waals surface area contributed by atoms with Crippen molar-refractivity contribution in [2.24, 2.45) is 0 Å². The number of benzene rings is 1. The summed E-state index contributed by atoms with van der Waals surface area (Å²) in [6.07, 6.45) is 2.17. The van der Waals surface area contributed by atoms with Crippen LogP contribution in [-0.4, -0.2) is 42.9 Å². The van der Waals surface area contributed by atoms with Crippen LogP contribution >= 0.6 is 0 Å². The second-order valence-corrected chi connectivity index (χ2v) is 5.37. The van der Waals surface area contributed by atoms with Gasteiger partial charge in [0.05, 0.1) is 6.10 Å². The summed E-state index contributed by atoms with van der Waals surface area (Å²) in [5.74, 6) is 0.514. The molecule has 20 heavy (non-hydrogen) atoms.